The zero-order chi connectivity index (χ0) is 17.6. The van der Waals surface area contributed by atoms with Gasteiger partial charge in [0.2, 0.25) is 0 Å². The summed E-state index contributed by atoms with van der Waals surface area (Å²) in [7, 11) is 1.37. The van der Waals surface area contributed by atoms with Crippen LogP contribution in [0.1, 0.15) is 16.7 Å². The normalized spacial score (nSPS) is 16.5. The molecule has 0 spiro atoms. The second kappa shape index (κ2) is 7.83. The van der Waals surface area contributed by atoms with Crippen LogP contribution >= 0.6 is 0 Å². The minimum absolute atomic E-state index is 0.209. The SMILES string of the molecule is COC(=O)C1Cc2ccccc2CN(C(=O)OCc2ccccc2)C1. The van der Waals surface area contributed by atoms with Crippen molar-refractivity contribution < 1.29 is 19.1 Å². The van der Waals surface area contributed by atoms with Crippen molar-refractivity contribution in [1.82, 2.24) is 4.90 Å². The minimum Gasteiger partial charge on any atom is -0.469 e. The average Bonchev–Trinajstić information content (AvgIpc) is 2.86. The first-order valence-electron chi connectivity index (χ1n) is 8.27. The van der Waals surface area contributed by atoms with E-state index in [9.17, 15) is 9.59 Å². The Bertz CT molecular complexity index is 744. The van der Waals surface area contributed by atoms with Gasteiger partial charge in [-0.15, -0.1) is 0 Å². The van der Waals surface area contributed by atoms with E-state index in [0.29, 0.717) is 13.0 Å². The monoisotopic (exact) mass is 339 g/mol. The van der Waals surface area contributed by atoms with Crippen molar-refractivity contribution in [3.63, 3.8) is 0 Å². The van der Waals surface area contributed by atoms with Gasteiger partial charge in [0.15, 0.2) is 0 Å². The van der Waals surface area contributed by atoms with Crippen molar-refractivity contribution in [3.8, 4) is 0 Å². The first kappa shape index (κ1) is 17.0. The summed E-state index contributed by atoms with van der Waals surface area (Å²) in [5.41, 5.74) is 3.03. The fraction of sp³-hybridized carbons (Fsp3) is 0.300. The number of nitrogens with zero attached hydrogens (tertiary/aromatic N) is 1. The van der Waals surface area contributed by atoms with Gasteiger partial charge >= 0.3 is 12.1 Å². The molecule has 0 N–H and O–H groups in total. The van der Waals surface area contributed by atoms with Crippen LogP contribution in [0.3, 0.4) is 0 Å². The summed E-state index contributed by atoms with van der Waals surface area (Å²) in [5.74, 6) is -0.699. The Morgan fingerprint density at radius 2 is 1.72 bits per heavy atom. The molecule has 0 aliphatic carbocycles. The van der Waals surface area contributed by atoms with Gasteiger partial charge in [-0.05, 0) is 23.1 Å². The topological polar surface area (TPSA) is 55.8 Å². The predicted octanol–water partition coefficient (Wildman–Crippen LogP) is 3.17. The second-order valence-corrected chi connectivity index (χ2v) is 6.11. The van der Waals surface area contributed by atoms with E-state index >= 15 is 0 Å². The van der Waals surface area contributed by atoms with Gasteiger partial charge < -0.3 is 14.4 Å². The molecule has 25 heavy (non-hydrogen) atoms. The number of carbonyl (C=O) groups excluding carboxylic acids is 2. The summed E-state index contributed by atoms with van der Waals surface area (Å²) in [5, 5.41) is 0. The zero-order valence-electron chi connectivity index (χ0n) is 14.2. The summed E-state index contributed by atoms with van der Waals surface area (Å²) < 4.78 is 10.3. The maximum Gasteiger partial charge on any atom is 0.410 e. The largest absolute Gasteiger partial charge is 0.469 e. The molecule has 1 atom stereocenters. The highest BCUT2D eigenvalue weighted by atomic mass is 16.6. The number of amides is 1. The van der Waals surface area contributed by atoms with Crippen LogP contribution in [0.15, 0.2) is 54.6 Å². The number of carbonyl (C=O) groups is 2. The molecular weight excluding hydrogens is 318 g/mol. The van der Waals surface area contributed by atoms with Crippen molar-refractivity contribution in [2.45, 2.75) is 19.6 Å². The number of rotatable bonds is 3. The maximum absolute atomic E-state index is 12.5. The Labute approximate surface area is 147 Å². The molecule has 0 fully saturated rings. The zero-order valence-corrected chi connectivity index (χ0v) is 14.2. The van der Waals surface area contributed by atoms with Crippen LogP contribution in [0.25, 0.3) is 0 Å². The van der Waals surface area contributed by atoms with Gasteiger partial charge in [-0.1, -0.05) is 54.6 Å². The average molecular weight is 339 g/mol. The standard InChI is InChI=1S/C20H21NO4/c1-24-19(22)18-11-16-9-5-6-10-17(16)12-21(13-18)20(23)25-14-15-7-3-2-4-8-15/h2-10,18H,11-14H2,1H3. The van der Waals surface area contributed by atoms with Crippen molar-refractivity contribution in [1.29, 1.82) is 0 Å². The van der Waals surface area contributed by atoms with Gasteiger partial charge in [-0.3, -0.25) is 4.79 Å². The lowest BCUT2D eigenvalue weighted by Crippen LogP contribution is -2.37. The Morgan fingerprint density at radius 3 is 2.44 bits per heavy atom. The van der Waals surface area contributed by atoms with Gasteiger partial charge in [0.25, 0.3) is 0 Å². The minimum atomic E-state index is -0.422. The van der Waals surface area contributed by atoms with Gasteiger partial charge in [0, 0.05) is 13.1 Å². The van der Waals surface area contributed by atoms with Gasteiger partial charge in [-0.25, -0.2) is 4.79 Å². The molecule has 1 aliphatic rings. The summed E-state index contributed by atoms with van der Waals surface area (Å²) in [4.78, 5) is 26.2. The Kier molecular flexibility index (Phi) is 5.33. The lowest BCUT2D eigenvalue weighted by Gasteiger charge is -2.23. The Hall–Kier alpha value is -2.82. The van der Waals surface area contributed by atoms with E-state index in [0.717, 1.165) is 16.7 Å². The summed E-state index contributed by atoms with van der Waals surface area (Å²) >= 11 is 0. The number of fused-ring (bicyclic) bond motifs is 1. The van der Waals surface area contributed by atoms with Crippen LogP contribution in [-0.4, -0.2) is 30.6 Å². The third-order valence-electron chi connectivity index (χ3n) is 4.38. The van der Waals surface area contributed by atoms with Crippen LogP contribution in [0.2, 0.25) is 0 Å². The summed E-state index contributed by atoms with van der Waals surface area (Å²) in [6.07, 6.45) is 0.139. The van der Waals surface area contributed by atoms with E-state index in [-0.39, 0.29) is 19.1 Å². The number of hydrogen-bond acceptors (Lipinski definition) is 4. The quantitative estimate of drug-likeness (QED) is 0.806. The fourth-order valence-electron chi connectivity index (χ4n) is 3.05. The van der Waals surface area contributed by atoms with Crippen LogP contribution in [0, 0.1) is 5.92 Å². The molecule has 130 valence electrons. The third kappa shape index (κ3) is 4.18. The van der Waals surface area contributed by atoms with Gasteiger partial charge in [0.05, 0.1) is 13.0 Å². The number of methoxy groups -OCH3 is 1. The van der Waals surface area contributed by atoms with Crippen molar-refractivity contribution >= 4 is 12.1 Å². The van der Waals surface area contributed by atoms with Gasteiger partial charge in [0.1, 0.15) is 6.61 Å². The van der Waals surface area contributed by atoms with E-state index in [1.807, 2.05) is 54.6 Å². The molecule has 5 heteroatoms. The number of esters is 1. The second-order valence-electron chi connectivity index (χ2n) is 6.11. The molecule has 5 nitrogen and oxygen atoms in total. The molecule has 1 aliphatic heterocycles. The molecule has 0 aromatic heterocycles. The van der Waals surface area contributed by atoms with Crippen molar-refractivity contribution in [2.24, 2.45) is 5.92 Å². The highest BCUT2D eigenvalue weighted by Gasteiger charge is 2.30. The molecule has 0 saturated heterocycles. The van der Waals surface area contributed by atoms with Crippen LogP contribution in [0.5, 0.6) is 0 Å². The molecular formula is C20H21NO4. The van der Waals surface area contributed by atoms with Crippen molar-refractivity contribution in [2.75, 3.05) is 13.7 Å². The molecule has 1 unspecified atom stereocenters. The lowest BCUT2D eigenvalue weighted by atomic mass is 9.97. The molecule has 2 aromatic carbocycles. The number of benzene rings is 2. The Morgan fingerprint density at radius 1 is 1.04 bits per heavy atom. The predicted molar refractivity (Wildman–Crippen MR) is 92.7 cm³/mol. The summed E-state index contributed by atoms with van der Waals surface area (Å²) in [6, 6.07) is 17.4. The lowest BCUT2D eigenvalue weighted by molar-refractivity contribution is -0.145. The van der Waals surface area contributed by atoms with E-state index in [4.69, 9.17) is 9.47 Å². The molecule has 0 saturated carbocycles. The molecule has 0 radical (unpaired) electrons. The van der Waals surface area contributed by atoms with E-state index in [1.54, 1.807) is 4.90 Å². The van der Waals surface area contributed by atoms with Crippen molar-refractivity contribution in [3.05, 3.63) is 71.3 Å². The molecule has 1 heterocycles. The fourth-order valence-corrected chi connectivity index (χ4v) is 3.05. The van der Waals surface area contributed by atoms with Gasteiger partial charge in [-0.2, -0.15) is 0 Å². The van der Waals surface area contributed by atoms with Crippen LogP contribution in [0.4, 0.5) is 4.79 Å². The van der Waals surface area contributed by atoms with E-state index < -0.39 is 12.0 Å². The highest BCUT2D eigenvalue weighted by Crippen LogP contribution is 2.23. The van der Waals surface area contributed by atoms with Crippen LogP contribution in [-0.2, 0) is 33.8 Å². The van der Waals surface area contributed by atoms with E-state index in [1.165, 1.54) is 7.11 Å². The van der Waals surface area contributed by atoms with Crippen LogP contribution < -0.4 is 0 Å². The number of hydrogen-bond donors (Lipinski definition) is 0. The van der Waals surface area contributed by atoms with E-state index in [2.05, 4.69) is 0 Å². The first-order chi connectivity index (χ1) is 12.2. The number of ether oxygens (including phenoxy) is 2. The molecule has 2 aromatic rings. The third-order valence-corrected chi connectivity index (χ3v) is 4.38. The first-order valence-corrected chi connectivity index (χ1v) is 8.27. The smallest absolute Gasteiger partial charge is 0.410 e. The highest BCUT2D eigenvalue weighted by molar-refractivity contribution is 5.75. The molecule has 1 amide bonds. The Balaban J connectivity index is 1.74. The molecule has 0 bridgehead atoms. The molecule has 3 rings (SSSR count). The summed E-state index contributed by atoms with van der Waals surface area (Å²) in [6.45, 7) is 0.924. The maximum atomic E-state index is 12.5.